The van der Waals surface area contributed by atoms with Crippen LogP contribution in [0.2, 0.25) is 5.02 Å². The van der Waals surface area contributed by atoms with Crippen LogP contribution in [0.5, 0.6) is 5.88 Å². The number of hydrogen-bond donors (Lipinski definition) is 1. The molecule has 1 N–H and O–H groups in total. The van der Waals surface area contributed by atoms with E-state index in [1.54, 1.807) is 12.1 Å². The Labute approximate surface area is 185 Å². The van der Waals surface area contributed by atoms with E-state index in [1.165, 1.54) is 36.2 Å². The highest BCUT2D eigenvalue weighted by Crippen LogP contribution is 2.30. The van der Waals surface area contributed by atoms with E-state index < -0.39 is 32.1 Å². The van der Waals surface area contributed by atoms with E-state index in [9.17, 15) is 22.0 Å². The van der Waals surface area contributed by atoms with Gasteiger partial charge in [-0.25, -0.2) is 27.2 Å². The van der Waals surface area contributed by atoms with E-state index in [0.29, 0.717) is 28.9 Å². The number of methoxy groups -OCH3 is 1. The quantitative estimate of drug-likeness (QED) is 0.471. The van der Waals surface area contributed by atoms with Gasteiger partial charge in [-0.1, -0.05) is 11.6 Å². The first-order valence-corrected chi connectivity index (χ1v) is 10.7. The molecule has 0 fully saturated rings. The average molecular weight is 479 g/mol. The standard InChI is InChI=1S/C20H13ClF2N4O4S/c1-31-19-17(26-32(29,30)13-3-4-15(22)16(23)7-13)6-12(8-25-19)11-2-5-18-24-9-14(21)20(28)27(18)10-11/h2-10,26H,1H3. The Morgan fingerprint density at radius 3 is 2.53 bits per heavy atom. The maximum Gasteiger partial charge on any atom is 0.276 e. The zero-order chi connectivity index (χ0) is 23.0. The van der Waals surface area contributed by atoms with Gasteiger partial charge < -0.3 is 4.74 Å². The number of ether oxygens (including phenoxy) is 1. The maximum absolute atomic E-state index is 13.5. The van der Waals surface area contributed by atoms with E-state index in [4.69, 9.17) is 16.3 Å². The Balaban J connectivity index is 1.78. The summed E-state index contributed by atoms with van der Waals surface area (Å²) in [5, 5.41) is -0.0625. The lowest BCUT2D eigenvalue weighted by Crippen LogP contribution is -2.15. The number of anilines is 1. The minimum Gasteiger partial charge on any atom is -0.480 e. The van der Waals surface area contributed by atoms with Crippen molar-refractivity contribution in [1.29, 1.82) is 0 Å². The summed E-state index contributed by atoms with van der Waals surface area (Å²) in [6.45, 7) is 0. The second-order valence-corrected chi connectivity index (χ2v) is 8.61. The molecule has 0 aliphatic carbocycles. The molecule has 164 valence electrons. The van der Waals surface area contributed by atoms with E-state index >= 15 is 0 Å². The normalized spacial score (nSPS) is 11.5. The molecule has 0 aliphatic heterocycles. The van der Waals surface area contributed by atoms with Crippen molar-refractivity contribution in [3.63, 3.8) is 0 Å². The predicted octanol–water partition coefficient (Wildman–Crippen LogP) is 3.50. The molecular formula is C20H13ClF2N4O4S. The van der Waals surface area contributed by atoms with Crippen molar-refractivity contribution in [2.24, 2.45) is 0 Å². The fourth-order valence-corrected chi connectivity index (χ4v) is 4.12. The Morgan fingerprint density at radius 2 is 1.81 bits per heavy atom. The first kappa shape index (κ1) is 21.7. The highest BCUT2D eigenvalue weighted by molar-refractivity contribution is 7.92. The number of hydrogen-bond acceptors (Lipinski definition) is 6. The fourth-order valence-electron chi connectivity index (χ4n) is 2.92. The van der Waals surface area contributed by atoms with Crippen LogP contribution >= 0.6 is 11.6 Å². The van der Waals surface area contributed by atoms with Gasteiger partial charge in [-0.05, 0) is 36.4 Å². The van der Waals surface area contributed by atoms with Gasteiger partial charge in [0.25, 0.3) is 15.6 Å². The summed E-state index contributed by atoms with van der Waals surface area (Å²) < 4.78 is 60.7. The van der Waals surface area contributed by atoms with Crippen molar-refractivity contribution in [2.75, 3.05) is 11.8 Å². The Morgan fingerprint density at radius 1 is 1.03 bits per heavy atom. The summed E-state index contributed by atoms with van der Waals surface area (Å²) in [4.78, 5) is 20.0. The van der Waals surface area contributed by atoms with Gasteiger partial charge in [0, 0.05) is 23.5 Å². The topological polar surface area (TPSA) is 103 Å². The number of rotatable bonds is 5. The van der Waals surface area contributed by atoms with E-state index in [-0.39, 0.29) is 16.6 Å². The summed E-state index contributed by atoms with van der Waals surface area (Å²) in [7, 11) is -3.00. The smallest absolute Gasteiger partial charge is 0.276 e. The van der Waals surface area contributed by atoms with Gasteiger partial charge >= 0.3 is 0 Å². The molecule has 0 atom stereocenters. The molecule has 8 nitrogen and oxygen atoms in total. The number of nitrogens with one attached hydrogen (secondary N) is 1. The molecule has 32 heavy (non-hydrogen) atoms. The molecule has 0 saturated carbocycles. The molecule has 0 radical (unpaired) electrons. The van der Waals surface area contributed by atoms with Crippen molar-refractivity contribution in [3.05, 3.63) is 82.0 Å². The average Bonchev–Trinajstić information content (AvgIpc) is 2.77. The first-order chi connectivity index (χ1) is 15.2. The minimum absolute atomic E-state index is 0.0496. The lowest BCUT2D eigenvalue weighted by atomic mass is 10.1. The maximum atomic E-state index is 13.5. The molecular weight excluding hydrogens is 466 g/mol. The molecule has 0 amide bonds. The summed E-state index contributed by atoms with van der Waals surface area (Å²) >= 11 is 5.85. The van der Waals surface area contributed by atoms with Crippen molar-refractivity contribution < 1.29 is 21.9 Å². The van der Waals surface area contributed by atoms with Crippen molar-refractivity contribution in [2.45, 2.75) is 4.90 Å². The van der Waals surface area contributed by atoms with Crippen LogP contribution in [0.15, 0.2) is 64.7 Å². The number of nitrogens with zero attached hydrogens (tertiary/aromatic N) is 3. The second kappa shape index (κ2) is 8.17. The molecule has 0 unspecified atom stereocenters. The van der Waals surface area contributed by atoms with Gasteiger partial charge in [0.1, 0.15) is 16.4 Å². The monoisotopic (exact) mass is 478 g/mol. The van der Waals surface area contributed by atoms with Crippen LogP contribution in [0.25, 0.3) is 16.8 Å². The van der Waals surface area contributed by atoms with Crippen LogP contribution < -0.4 is 15.0 Å². The summed E-state index contributed by atoms with van der Waals surface area (Å²) in [5.41, 5.74) is 0.782. The molecule has 3 heterocycles. The number of sulfonamides is 1. The van der Waals surface area contributed by atoms with Crippen LogP contribution in [0, 0.1) is 11.6 Å². The zero-order valence-electron chi connectivity index (χ0n) is 16.2. The molecule has 4 rings (SSSR count). The first-order valence-electron chi connectivity index (χ1n) is 8.89. The van der Waals surface area contributed by atoms with Crippen molar-refractivity contribution >= 4 is 33.0 Å². The van der Waals surface area contributed by atoms with Gasteiger partial charge in [-0.15, -0.1) is 0 Å². The number of fused-ring (bicyclic) bond motifs is 1. The lowest BCUT2D eigenvalue weighted by Gasteiger charge is -2.13. The van der Waals surface area contributed by atoms with Crippen LogP contribution in [-0.2, 0) is 10.0 Å². The van der Waals surface area contributed by atoms with Gasteiger partial charge in [0.2, 0.25) is 5.88 Å². The Kier molecular flexibility index (Phi) is 5.53. The number of benzene rings is 1. The van der Waals surface area contributed by atoms with Gasteiger partial charge in [-0.2, -0.15) is 0 Å². The van der Waals surface area contributed by atoms with Gasteiger partial charge in [-0.3, -0.25) is 13.9 Å². The fraction of sp³-hybridized carbons (Fsp3) is 0.0500. The molecule has 12 heteroatoms. The van der Waals surface area contributed by atoms with Crippen LogP contribution in [0.4, 0.5) is 14.5 Å². The van der Waals surface area contributed by atoms with Crippen LogP contribution in [0.1, 0.15) is 0 Å². The number of pyridine rings is 2. The molecule has 3 aromatic heterocycles. The second-order valence-electron chi connectivity index (χ2n) is 6.52. The third-order valence-corrected chi connectivity index (χ3v) is 6.11. The third kappa shape index (κ3) is 3.99. The predicted molar refractivity (Wildman–Crippen MR) is 113 cm³/mol. The molecule has 0 aliphatic rings. The molecule has 4 aromatic rings. The molecule has 0 saturated heterocycles. The highest BCUT2D eigenvalue weighted by atomic mass is 35.5. The zero-order valence-corrected chi connectivity index (χ0v) is 17.8. The summed E-state index contributed by atoms with van der Waals surface area (Å²) in [6.07, 6.45) is 4.14. The van der Waals surface area contributed by atoms with E-state index in [0.717, 1.165) is 6.07 Å². The van der Waals surface area contributed by atoms with Crippen LogP contribution in [0.3, 0.4) is 0 Å². The largest absolute Gasteiger partial charge is 0.480 e. The number of aromatic nitrogens is 3. The van der Waals surface area contributed by atoms with E-state index in [1.807, 2.05) is 0 Å². The Bertz CT molecular complexity index is 1530. The number of halogens is 3. The minimum atomic E-state index is -4.29. The van der Waals surface area contributed by atoms with Gasteiger partial charge in [0.15, 0.2) is 11.6 Å². The lowest BCUT2D eigenvalue weighted by molar-refractivity contribution is 0.400. The summed E-state index contributed by atoms with van der Waals surface area (Å²) in [5.74, 6) is -2.53. The SMILES string of the molecule is COc1ncc(-c2ccc3ncc(Cl)c(=O)n3c2)cc1NS(=O)(=O)c1ccc(F)c(F)c1. The van der Waals surface area contributed by atoms with Crippen LogP contribution in [-0.4, -0.2) is 29.9 Å². The Hall–Kier alpha value is -3.57. The van der Waals surface area contributed by atoms with Crippen molar-refractivity contribution in [1.82, 2.24) is 14.4 Å². The van der Waals surface area contributed by atoms with Gasteiger partial charge in [0.05, 0.1) is 18.2 Å². The third-order valence-electron chi connectivity index (χ3n) is 4.48. The molecule has 0 bridgehead atoms. The summed E-state index contributed by atoms with van der Waals surface area (Å²) in [6, 6.07) is 6.87. The molecule has 0 spiro atoms. The highest BCUT2D eigenvalue weighted by Gasteiger charge is 2.20. The van der Waals surface area contributed by atoms with Crippen molar-refractivity contribution in [3.8, 4) is 17.0 Å². The molecule has 1 aromatic carbocycles. The van der Waals surface area contributed by atoms with E-state index in [2.05, 4.69) is 14.7 Å².